The molecule has 32 heavy (non-hydrogen) atoms. The lowest BCUT2D eigenvalue weighted by Crippen LogP contribution is -2.48. The monoisotopic (exact) mass is 433 g/mol. The van der Waals surface area contributed by atoms with Crippen molar-refractivity contribution in [3.05, 3.63) is 77.7 Å². The van der Waals surface area contributed by atoms with E-state index in [0.717, 1.165) is 24.1 Å². The van der Waals surface area contributed by atoms with Crippen molar-refractivity contribution in [3.8, 4) is 5.82 Å². The number of aromatic nitrogens is 3. The lowest BCUT2D eigenvalue weighted by atomic mass is 10.0. The molecule has 164 valence electrons. The van der Waals surface area contributed by atoms with Gasteiger partial charge in [-0.05, 0) is 36.6 Å². The molecule has 9 nitrogen and oxygen atoms in total. The Kier molecular flexibility index (Phi) is 6.37. The Morgan fingerprint density at radius 3 is 2.62 bits per heavy atom. The van der Waals surface area contributed by atoms with Crippen LogP contribution >= 0.6 is 0 Å². The molecule has 2 aromatic heterocycles. The summed E-state index contributed by atoms with van der Waals surface area (Å²) >= 11 is 0. The molecule has 1 aliphatic rings. The highest BCUT2D eigenvalue weighted by Gasteiger charge is 2.29. The maximum atomic E-state index is 13.2. The van der Waals surface area contributed by atoms with Crippen molar-refractivity contribution >= 4 is 17.6 Å². The zero-order valence-corrected chi connectivity index (χ0v) is 17.5. The summed E-state index contributed by atoms with van der Waals surface area (Å²) in [4.78, 5) is 46.8. The molecule has 2 heterocycles. The van der Waals surface area contributed by atoms with Crippen LogP contribution in [0.1, 0.15) is 40.4 Å². The summed E-state index contributed by atoms with van der Waals surface area (Å²) in [6.07, 6.45) is 5.71. The van der Waals surface area contributed by atoms with Crippen molar-refractivity contribution in [2.75, 3.05) is 7.11 Å². The number of rotatable bonds is 9. The van der Waals surface area contributed by atoms with Crippen LogP contribution in [-0.4, -0.2) is 45.5 Å². The molecule has 1 saturated carbocycles. The van der Waals surface area contributed by atoms with Crippen molar-refractivity contribution < 1.29 is 19.2 Å². The van der Waals surface area contributed by atoms with E-state index >= 15 is 0 Å². The van der Waals surface area contributed by atoms with Gasteiger partial charge in [-0.15, -0.1) is 0 Å². The van der Waals surface area contributed by atoms with Crippen LogP contribution in [-0.2, 0) is 20.8 Å². The molecule has 1 atom stereocenters. The van der Waals surface area contributed by atoms with Crippen LogP contribution < -0.4 is 10.8 Å². The Morgan fingerprint density at radius 2 is 1.91 bits per heavy atom. The van der Waals surface area contributed by atoms with Gasteiger partial charge in [-0.2, -0.15) is 5.10 Å². The molecule has 4 rings (SSSR count). The van der Waals surface area contributed by atoms with E-state index in [4.69, 9.17) is 0 Å². The molecular weight excluding hydrogens is 410 g/mol. The van der Waals surface area contributed by atoms with Crippen molar-refractivity contribution in [2.24, 2.45) is 0 Å². The van der Waals surface area contributed by atoms with E-state index in [1.54, 1.807) is 29.2 Å². The van der Waals surface area contributed by atoms with Gasteiger partial charge < -0.3 is 5.32 Å². The number of nitrogens with one attached hydrogen (secondary N) is 2. The molecule has 9 heteroatoms. The lowest BCUT2D eigenvalue weighted by Gasteiger charge is -2.18. The number of carbonyl (C=O) groups excluding carboxylic acids is 3. The average molecular weight is 433 g/mol. The molecule has 0 radical (unpaired) electrons. The number of hydrogen-bond acceptors (Lipinski definition) is 6. The van der Waals surface area contributed by atoms with Crippen molar-refractivity contribution in [2.45, 2.75) is 31.2 Å². The average Bonchev–Trinajstić information content (AvgIpc) is 3.55. The minimum absolute atomic E-state index is 0.145. The second-order valence-corrected chi connectivity index (χ2v) is 7.55. The maximum Gasteiger partial charge on any atom is 0.313 e. The Morgan fingerprint density at radius 1 is 1.12 bits per heavy atom. The molecule has 1 fully saturated rings. The van der Waals surface area contributed by atoms with E-state index in [9.17, 15) is 14.4 Å². The van der Waals surface area contributed by atoms with Crippen LogP contribution in [0.5, 0.6) is 0 Å². The molecule has 1 aliphatic carbocycles. The third-order valence-electron chi connectivity index (χ3n) is 5.18. The number of pyridine rings is 1. The highest BCUT2D eigenvalue weighted by atomic mass is 16.6. The van der Waals surface area contributed by atoms with Crippen LogP contribution in [0.3, 0.4) is 0 Å². The predicted octanol–water partition coefficient (Wildman–Crippen LogP) is 1.73. The molecule has 0 aliphatic heterocycles. The molecular formula is C23H23N5O4. The van der Waals surface area contributed by atoms with Gasteiger partial charge in [0.2, 0.25) is 5.78 Å². The maximum absolute atomic E-state index is 13.2. The van der Waals surface area contributed by atoms with E-state index < -0.39 is 23.6 Å². The molecule has 0 spiro atoms. The second kappa shape index (κ2) is 9.52. The number of Topliss-reactive ketones (excluding diaryl/α,β-unsaturated/α-hetero) is 1. The van der Waals surface area contributed by atoms with Gasteiger partial charge in [0.15, 0.2) is 5.82 Å². The number of benzene rings is 1. The summed E-state index contributed by atoms with van der Waals surface area (Å²) in [5.74, 6) is -1.48. The normalized spacial score (nSPS) is 13.9. The zero-order valence-electron chi connectivity index (χ0n) is 17.5. The number of ketones is 1. The van der Waals surface area contributed by atoms with Crippen LogP contribution in [0.2, 0.25) is 0 Å². The van der Waals surface area contributed by atoms with Crippen LogP contribution in [0.25, 0.3) is 5.82 Å². The summed E-state index contributed by atoms with van der Waals surface area (Å²) in [5.41, 5.74) is 4.02. The van der Waals surface area contributed by atoms with E-state index in [1.807, 2.05) is 41.9 Å². The van der Waals surface area contributed by atoms with Crippen molar-refractivity contribution in [1.29, 1.82) is 0 Å². The SMILES string of the molecule is CONC(=O)C(=O)C(Cc1ccccc1)NC(=O)c1cccnc1-n1ccc(C2CC2)n1. The Bertz CT molecular complexity index is 1120. The van der Waals surface area contributed by atoms with Gasteiger partial charge in [-0.1, -0.05) is 30.3 Å². The van der Waals surface area contributed by atoms with Gasteiger partial charge in [0.1, 0.15) is 6.04 Å². The minimum Gasteiger partial charge on any atom is -0.341 e. The van der Waals surface area contributed by atoms with E-state index in [2.05, 4.69) is 20.2 Å². The highest BCUT2D eigenvalue weighted by Crippen LogP contribution is 2.39. The van der Waals surface area contributed by atoms with Crippen LogP contribution in [0.15, 0.2) is 60.9 Å². The number of hydrogen-bond donors (Lipinski definition) is 2. The Balaban J connectivity index is 1.58. The fraction of sp³-hybridized carbons (Fsp3) is 0.261. The smallest absolute Gasteiger partial charge is 0.313 e. The molecule has 1 aromatic carbocycles. The lowest BCUT2D eigenvalue weighted by molar-refractivity contribution is -0.145. The van der Waals surface area contributed by atoms with Crippen molar-refractivity contribution in [1.82, 2.24) is 25.6 Å². The Hall–Kier alpha value is -3.85. The first-order chi connectivity index (χ1) is 15.6. The van der Waals surface area contributed by atoms with E-state index in [1.165, 1.54) is 7.11 Å². The summed E-state index contributed by atoms with van der Waals surface area (Å²) in [5, 5.41) is 7.23. The molecule has 3 aromatic rings. The first-order valence-electron chi connectivity index (χ1n) is 10.3. The zero-order chi connectivity index (χ0) is 22.5. The third-order valence-corrected chi connectivity index (χ3v) is 5.18. The van der Waals surface area contributed by atoms with Crippen LogP contribution in [0.4, 0.5) is 0 Å². The first kappa shape index (κ1) is 21.4. The first-order valence-corrected chi connectivity index (χ1v) is 10.3. The molecule has 0 saturated heterocycles. The molecule has 0 bridgehead atoms. The van der Waals surface area contributed by atoms with E-state index in [-0.39, 0.29) is 12.0 Å². The topological polar surface area (TPSA) is 115 Å². The molecule has 2 amide bonds. The third kappa shape index (κ3) is 4.89. The summed E-state index contributed by atoms with van der Waals surface area (Å²) in [7, 11) is 1.23. The van der Waals surface area contributed by atoms with Crippen molar-refractivity contribution in [3.63, 3.8) is 0 Å². The fourth-order valence-electron chi connectivity index (χ4n) is 3.41. The summed E-state index contributed by atoms with van der Waals surface area (Å²) in [6, 6.07) is 13.2. The summed E-state index contributed by atoms with van der Waals surface area (Å²) < 4.78 is 1.56. The number of nitrogens with zero attached hydrogens (tertiary/aromatic N) is 3. The van der Waals surface area contributed by atoms with Gasteiger partial charge in [0.05, 0.1) is 18.4 Å². The number of hydroxylamine groups is 1. The van der Waals surface area contributed by atoms with Crippen LogP contribution in [0, 0.1) is 0 Å². The van der Waals surface area contributed by atoms with Gasteiger partial charge in [-0.3, -0.25) is 19.2 Å². The summed E-state index contributed by atoms with van der Waals surface area (Å²) in [6.45, 7) is 0. The highest BCUT2D eigenvalue weighted by molar-refractivity contribution is 6.38. The predicted molar refractivity (Wildman–Crippen MR) is 115 cm³/mol. The Labute approximate surface area is 184 Å². The standard InChI is InChI=1S/C23H23N5O4/c1-32-27-23(31)20(29)19(14-15-6-3-2-4-7-15)25-22(30)17-8-5-12-24-21(17)28-13-11-18(26-28)16-9-10-16/h2-8,11-13,16,19H,9-10,14H2,1H3,(H,25,30)(H,27,31). The number of amides is 2. The van der Waals surface area contributed by atoms with Gasteiger partial charge in [-0.25, -0.2) is 15.1 Å². The van der Waals surface area contributed by atoms with E-state index in [0.29, 0.717) is 11.7 Å². The molecule has 2 N–H and O–H groups in total. The van der Waals surface area contributed by atoms with Gasteiger partial charge in [0, 0.05) is 24.7 Å². The second-order valence-electron chi connectivity index (χ2n) is 7.55. The number of carbonyl (C=O) groups is 3. The largest absolute Gasteiger partial charge is 0.341 e. The quantitative estimate of drug-likeness (QED) is 0.392. The fourth-order valence-corrected chi connectivity index (χ4v) is 3.41. The minimum atomic E-state index is -1.09. The molecule has 1 unspecified atom stereocenters. The van der Waals surface area contributed by atoms with Gasteiger partial charge in [0.25, 0.3) is 5.91 Å². The van der Waals surface area contributed by atoms with Gasteiger partial charge >= 0.3 is 5.91 Å².